The highest BCUT2D eigenvalue weighted by molar-refractivity contribution is 7.26. The average Bonchev–Trinajstić information content (AvgIpc) is 3.72. The first-order chi connectivity index (χ1) is 25.2. The molecule has 0 amide bonds. The summed E-state index contributed by atoms with van der Waals surface area (Å²) in [5, 5.41) is 2.54. The van der Waals surface area contributed by atoms with Crippen molar-refractivity contribution in [2.75, 3.05) is 0 Å². The van der Waals surface area contributed by atoms with Crippen LogP contribution in [-0.4, -0.2) is 9.97 Å². The molecule has 1 aliphatic rings. The van der Waals surface area contributed by atoms with Crippen LogP contribution in [0.5, 0.6) is 0 Å². The smallest absolute Gasteiger partial charge is 0.160 e. The molecule has 1 atom stereocenters. The summed E-state index contributed by atoms with van der Waals surface area (Å²) in [6.07, 6.45) is 0. The van der Waals surface area contributed by atoms with Gasteiger partial charge < -0.3 is 0 Å². The molecule has 0 saturated carbocycles. The Kier molecular flexibility index (Phi) is 6.83. The van der Waals surface area contributed by atoms with Crippen LogP contribution in [-0.2, 0) is 5.41 Å². The first-order valence-corrected chi connectivity index (χ1v) is 18.2. The fourth-order valence-corrected chi connectivity index (χ4v) is 9.32. The van der Waals surface area contributed by atoms with Gasteiger partial charge in [0.05, 0.1) is 11.4 Å². The number of benzene rings is 7. The van der Waals surface area contributed by atoms with Crippen molar-refractivity contribution in [2.24, 2.45) is 0 Å². The molecule has 0 radical (unpaired) electrons. The minimum absolute atomic E-state index is 0.231. The van der Waals surface area contributed by atoms with Gasteiger partial charge in [0, 0.05) is 42.3 Å². The Hall–Kier alpha value is -6.16. The molecule has 3 heteroatoms. The standard InChI is InChI=1S/C48H32N2S/c1-48(33-17-6-3-7-18-33)41-25-12-10-20-35(41)40-29-32(27-28-42(40)48)34-19-8-9-21-36(34)43-30-44(50-47(49-43)31-15-4-2-5-16-31)39-24-14-23-38-37-22-11-13-26-45(37)51-46(38)39/h2-30H,1H3. The highest BCUT2D eigenvalue weighted by Crippen LogP contribution is 2.53. The third kappa shape index (κ3) is 4.70. The van der Waals surface area contributed by atoms with E-state index in [4.69, 9.17) is 9.97 Å². The minimum Gasteiger partial charge on any atom is -0.228 e. The van der Waals surface area contributed by atoms with E-state index in [9.17, 15) is 0 Å². The predicted octanol–water partition coefficient (Wildman–Crippen LogP) is 12.8. The van der Waals surface area contributed by atoms with E-state index in [1.165, 1.54) is 53.6 Å². The van der Waals surface area contributed by atoms with Gasteiger partial charge in [-0.25, -0.2) is 9.97 Å². The largest absolute Gasteiger partial charge is 0.228 e. The summed E-state index contributed by atoms with van der Waals surface area (Å²) in [4.78, 5) is 10.5. The lowest BCUT2D eigenvalue weighted by Gasteiger charge is -2.28. The molecule has 0 spiro atoms. The van der Waals surface area contributed by atoms with Gasteiger partial charge in [-0.1, -0.05) is 158 Å². The Morgan fingerprint density at radius 3 is 1.86 bits per heavy atom. The normalized spacial score (nSPS) is 14.8. The number of hydrogen-bond donors (Lipinski definition) is 0. The molecule has 1 unspecified atom stereocenters. The Labute approximate surface area is 301 Å². The van der Waals surface area contributed by atoms with Crippen molar-refractivity contribution in [3.05, 3.63) is 193 Å². The fraction of sp³-hybridized carbons (Fsp3) is 0.0417. The summed E-state index contributed by atoms with van der Waals surface area (Å²) in [6, 6.07) is 63.2. The van der Waals surface area contributed by atoms with Crippen LogP contribution >= 0.6 is 11.3 Å². The molecule has 240 valence electrons. The second-order valence-corrected chi connectivity index (χ2v) is 14.5. The van der Waals surface area contributed by atoms with Crippen LogP contribution in [0.1, 0.15) is 23.6 Å². The van der Waals surface area contributed by atoms with E-state index in [1.54, 1.807) is 0 Å². The van der Waals surface area contributed by atoms with Crippen molar-refractivity contribution in [1.29, 1.82) is 0 Å². The summed E-state index contributed by atoms with van der Waals surface area (Å²) in [7, 11) is 0. The number of aromatic nitrogens is 2. The van der Waals surface area contributed by atoms with Gasteiger partial charge in [-0.3, -0.25) is 0 Å². The summed E-state index contributed by atoms with van der Waals surface area (Å²) < 4.78 is 2.53. The van der Waals surface area contributed by atoms with Crippen molar-refractivity contribution in [3.63, 3.8) is 0 Å². The molecule has 0 aliphatic heterocycles. The molecule has 2 nitrogen and oxygen atoms in total. The third-order valence-electron chi connectivity index (χ3n) is 10.6. The van der Waals surface area contributed by atoms with Crippen molar-refractivity contribution in [2.45, 2.75) is 12.3 Å². The van der Waals surface area contributed by atoms with Crippen molar-refractivity contribution >= 4 is 31.5 Å². The van der Waals surface area contributed by atoms with Gasteiger partial charge in [0.1, 0.15) is 0 Å². The Balaban J connectivity index is 1.17. The average molecular weight is 669 g/mol. The maximum Gasteiger partial charge on any atom is 0.160 e. The molecule has 51 heavy (non-hydrogen) atoms. The van der Waals surface area contributed by atoms with Crippen LogP contribution in [0.15, 0.2) is 176 Å². The molecule has 2 heterocycles. The van der Waals surface area contributed by atoms with E-state index in [2.05, 4.69) is 177 Å². The lowest BCUT2D eigenvalue weighted by Crippen LogP contribution is -2.22. The number of rotatable bonds is 5. The molecular weight excluding hydrogens is 637 g/mol. The van der Waals surface area contributed by atoms with E-state index < -0.39 is 0 Å². The molecule has 0 fully saturated rings. The van der Waals surface area contributed by atoms with Crippen LogP contribution < -0.4 is 0 Å². The van der Waals surface area contributed by atoms with Gasteiger partial charge in [0.2, 0.25) is 0 Å². The van der Waals surface area contributed by atoms with Gasteiger partial charge in [-0.2, -0.15) is 0 Å². The SMILES string of the molecule is CC1(c2ccccc2)c2ccccc2-c2cc(-c3ccccc3-c3cc(-c4cccc5c4sc4ccccc45)nc(-c4ccccc4)n3)ccc21. The van der Waals surface area contributed by atoms with E-state index in [0.717, 1.165) is 39.5 Å². The second-order valence-electron chi connectivity index (χ2n) is 13.5. The molecule has 2 aromatic heterocycles. The second kappa shape index (κ2) is 11.7. The zero-order chi connectivity index (χ0) is 33.9. The zero-order valence-corrected chi connectivity index (χ0v) is 28.9. The summed E-state index contributed by atoms with van der Waals surface area (Å²) in [5.41, 5.74) is 13.7. The highest BCUT2D eigenvalue weighted by Gasteiger charge is 2.40. The van der Waals surface area contributed by atoms with Crippen LogP contribution in [0.4, 0.5) is 0 Å². The van der Waals surface area contributed by atoms with Crippen molar-refractivity contribution in [1.82, 2.24) is 9.97 Å². The molecular formula is C48H32N2S. The monoisotopic (exact) mass is 668 g/mol. The molecule has 1 aliphatic carbocycles. The molecule has 0 N–H and O–H groups in total. The Bertz CT molecular complexity index is 2760. The Morgan fingerprint density at radius 1 is 0.431 bits per heavy atom. The molecule has 0 saturated heterocycles. The number of fused-ring (bicyclic) bond motifs is 6. The van der Waals surface area contributed by atoms with E-state index in [1.807, 2.05) is 17.4 Å². The highest BCUT2D eigenvalue weighted by atomic mass is 32.1. The van der Waals surface area contributed by atoms with Crippen LogP contribution in [0.3, 0.4) is 0 Å². The number of thiophene rings is 1. The Morgan fingerprint density at radius 2 is 1.04 bits per heavy atom. The van der Waals surface area contributed by atoms with Gasteiger partial charge >= 0.3 is 0 Å². The van der Waals surface area contributed by atoms with Gasteiger partial charge in [-0.15, -0.1) is 11.3 Å². The van der Waals surface area contributed by atoms with Gasteiger partial charge in [0.25, 0.3) is 0 Å². The molecule has 0 bridgehead atoms. The van der Waals surface area contributed by atoms with Crippen LogP contribution in [0, 0.1) is 0 Å². The first-order valence-electron chi connectivity index (χ1n) is 17.4. The van der Waals surface area contributed by atoms with E-state index in [0.29, 0.717) is 0 Å². The lowest BCUT2D eigenvalue weighted by molar-refractivity contribution is 0.714. The number of hydrogen-bond acceptors (Lipinski definition) is 3. The van der Waals surface area contributed by atoms with Gasteiger partial charge in [-0.05, 0) is 64.1 Å². The summed E-state index contributed by atoms with van der Waals surface area (Å²) >= 11 is 1.83. The van der Waals surface area contributed by atoms with Crippen LogP contribution in [0.2, 0.25) is 0 Å². The topological polar surface area (TPSA) is 25.8 Å². The summed E-state index contributed by atoms with van der Waals surface area (Å²) in [5.74, 6) is 0.720. The summed E-state index contributed by atoms with van der Waals surface area (Å²) in [6.45, 7) is 2.37. The first kappa shape index (κ1) is 29.7. The quantitative estimate of drug-likeness (QED) is 0.182. The van der Waals surface area contributed by atoms with Crippen molar-refractivity contribution in [3.8, 4) is 56.2 Å². The predicted molar refractivity (Wildman–Crippen MR) is 214 cm³/mol. The van der Waals surface area contributed by atoms with E-state index >= 15 is 0 Å². The lowest BCUT2D eigenvalue weighted by atomic mass is 9.74. The fourth-order valence-electron chi connectivity index (χ4n) is 8.10. The number of nitrogens with zero attached hydrogens (tertiary/aromatic N) is 2. The van der Waals surface area contributed by atoms with Gasteiger partial charge in [0.15, 0.2) is 5.82 Å². The maximum atomic E-state index is 5.27. The van der Waals surface area contributed by atoms with Crippen molar-refractivity contribution < 1.29 is 0 Å². The molecule has 7 aromatic carbocycles. The zero-order valence-electron chi connectivity index (χ0n) is 28.0. The minimum atomic E-state index is -0.231. The molecule has 10 rings (SSSR count). The molecule has 9 aromatic rings. The van der Waals surface area contributed by atoms with Crippen LogP contribution in [0.25, 0.3) is 76.3 Å². The maximum absolute atomic E-state index is 5.27. The third-order valence-corrected chi connectivity index (χ3v) is 11.8. The van der Waals surface area contributed by atoms with E-state index in [-0.39, 0.29) is 5.41 Å².